The first kappa shape index (κ1) is 21.1. The van der Waals surface area contributed by atoms with Crippen LogP contribution in [0.2, 0.25) is 0 Å². The number of pyridine rings is 1. The van der Waals surface area contributed by atoms with Crippen molar-refractivity contribution < 1.29 is 9.53 Å². The first-order chi connectivity index (χ1) is 16.0. The van der Waals surface area contributed by atoms with Gasteiger partial charge in [-0.1, -0.05) is 12.1 Å². The summed E-state index contributed by atoms with van der Waals surface area (Å²) in [5.74, 6) is 2.55. The summed E-state index contributed by atoms with van der Waals surface area (Å²) >= 11 is 0. The largest absolute Gasteiger partial charge is 0.497 e. The summed E-state index contributed by atoms with van der Waals surface area (Å²) in [6, 6.07) is 11.4. The molecule has 2 N–H and O–H groups in total. The molecule has 0 radical (unpaired) electrons. The second-order valence-electron chi connectivity index (χ2n) is 8.44. The third-order valence-electron chi connectivity index (χ3n) is 6.20. The van der Waals surface area contributed by atoms with Gasteiger partial charge in [-0.2, -0.15) is 4.98 Å². The Morgan fingerprint density at radius 1 is 1.03 bits per heavy atom. The standard InChI is InChI=1S/C24H27N7O2/c1-29-9-11-30(12-10-29)24-27-22(17-5-8-20(25)26-14-17)19-13-21(32)31(23(19)28-24)15-16-3-6-18(33-2)7-4-16/h3-8,14H,9-13,15H2,1-2H3,(H2,25,26). The van der Waals surface area contributed by atoms with Gasteiger partial charge in [0.05, 0.1) is 25.8 Å². The van der Waals surface area contributed by atoms with Crippen LogP contribution in [0.25, 0.3) is 11.3 Å². The summed E-state index contributed by atoms with van der Waals surface area (Å²) in [6.45, 7) is 3.98. The van der Waals surface area contributed by atoms with Gasteiger partial charge in [0.1, 0.15) is 17.4 Å². The van der Waals surface area contributed by atoms with Crippen LogP contribution in [0.1, 0.15) is 11.1 Å². The van der Waals surface area contributed by atoms with E-state index < -0.39 is 0 Å². The molecule has 0 spiro atoms. The Labute approximate surface area is 192 Å². The van der Waals surface area contributed by atoms with Crippen molar-refractivity contribution in [2.45, 2.75) is 13.0 Å². The molecule has 1 amide bonds. The lowest BCUT2D eigenvalue weighted by atomic mass is 10.1. The molecule has 9 heteroatoms. The molecular weight excluding hydrogens is 418 g/mol. The van der Waals surface area contributed by atoms with Crippen LogP contribution in [0, 0.1) is 0 Å². The Morgan fingerprint density at radius 3 is 2.45 bits per heavy atom. The quantitative estimate of drug-likeness (QED) is 0.636. The number of aromatic nitrogens is 3. The van der Waals surface area contributed by atoms with Gasteiger partial charge in [-0.05, 0) is 36.9 Å². The third kappa shape index (κ3) is 4.19. The highest BCUT2D eigenvalue weighted by atomic mass is 16.5. The molecule has 1 aromatic carbocycles. The number of hydrogen-bond acceptors (Lipinski definition) is 8. The molecule has 2 aliphatic rings. The van der Waals surface area contributed by atoms with Crippen molar-refractivity contribution in [1.82, 2.24) is 19.9 Å². The molecule has 0 saturated carbocycles. The molecule has 2 aliphatic heterocycles. The van der Waals surface area contributed by atoms with Crippen LogP contribution < -0.4 is 20.3 Å². The minimum atomic E-state index is 0.00954. The molecule has 170 valence electrons. The van der Waals surface area contributed by atoms with Crippen molar-refractivity contribution in [1.29, 1.82) is 0 Å². The van der Waals surface area contributed by atoms with E-state index in [1.165, 1.54) is 0 Å². The maximum absolute atomic E-state index is 13.1. The number of ether oxygens (including phenoxy) is 1. The predicted molar refractivity (Wildman–Crippen MR) is 127 cm³/mol. The minimum absolute atomic E-state index is 0.00954. The number of hydrogen-bond donors (Lipinski definition) is 1. The topological polar surface area (TPSA) is 101 Å². The summed E-state index contributed by atoms with van der Waals surface area (Å²) < 4.78 is 5.26. The smallest absolute Gasteiger partial charge is 0.233 e. The van der Waals surface area contributed by atoms with Crippen molar-refractivity contribution in [3.05, 3.63) is 53.7 Å². The lowest BCUT2D eigenvalue weighted by Crippen LogP contribution is -2.45. The van der Waals surface area contributed by atoms with Gasteiger partial charge in [-0.25, -0.2) is 9.97 Å². The van der Waals surface area contributed by atoms with Crippen LogP contribution >= 0.6 is 0 Å². The number of fused-ring (bicyclic) bond motifs is 1. The Hall–Kier alpha value is -3.72. The van der Waals surface area contributed by atoms with Crippen molar-refractivity contribution in [3.63, 3.8) is 0 Å². The van der Waals surface area contributed by atoms with E-state index in [0.717, 1.165) is 54.3 Å². The molecule has 3 aromatic rings. The van der Waals surface area contributed by atoms with Crippen LogP contribution in [0.4, 0.5) is 17.6 Å². The van der Waals surface area contributed by atoms with Crippen molar-refractivity contribution >= 4 is 23.5 Å². The lowest BCUT2D eigenvalue weighted by molar-refractivity contribution is -0.117. The van der Waals surface area contributed by atoms with Gasteiger partial charge in [-0.15, -0.1) is 0 Å². The molecule has 0 unspecified atom stereocenters. The maximum atomic E-state index is 13.1. The van der Waals surface area contributed by atoms with E-state index in [1.54, 1.807) is 24.3 Å². The number of likely N-dealkylation sites (N-methyl/N-ethyl adjacent to an activating group) is 1. The highest BCUT2D eigenvalue weighted by Gasteiger charge is 2.34. The number of piperazine rings is 1. The molecule has 9 nitrogen and oxygen atoms in total. The Morgan fingerprint density at radius 2 is 1.79 bits per heavy atom. The summed E-state index contributed by atoms with van der Waals surface area (Å²) in [5.41, 5.74) is 9.21. The fourth-order valence-corrected chi connectivity index (χ4v) is 4.22. The number of benzene rings is 1. The number of rotatable bonds is 5. The number of carbonyl (C=O) groups is 1. The van der Waals surface area contributed by atoms with Gasteiger partial charge in [0.2, 0.25) is 11.9 Å². The van der Waals surface area contributed by atoms with Crippen LogP contribution in [0.15, 0.2) is 42.6 Å². The molecular formula is C24H27N7O2. The van der Waals surface area contributed by atoms with Crippen molar-refractivity contribution in [2.24, 2.45) is 0 Å². The number of methoxy groups -OCH3 is 1. The van der Waals surface area contributed by atoms with Crippen LogP contribution in [-0.4, -0.2) is 66.1 Å². The fourth-order valence-electron chi connectivity index (χ4n) is 4.22. The van der Waals surface area contributed by atoms with Gasteiger partial charge in [0.15, 0.2) is 0 Å². The number of amides is 1. The number of nitrogens with two attached hydrogens (primary N) is 1. The summed E-state index contributed by atoms with van der Waals surface area (Å²) in [4.78, 5) is 33.4. The van der Waals surface area contributed by atoms with Crippen LogP contribution in [-0.2, 0) is 17.8 Å². The summed E-state index contributed by atoms with van der Waals surface area (Å²) in [7, 11) is 3.75. The van der Waals surface area contributed by atoms with E-state index in [1.807, 2.05) is 30.3 Å². The van der Waals surface area contributed by atoms with E-state index >= 15 is 0 Å². The maximum Gasteiger partial charge on any atom is 0.233 e. The van der Waals surface area contributed by atoms with Gasteiger partial charge >= 0.3 is 0 Å². The van der Waals surface area contributed by atoms with Gasteiger partial charge < -0.3 is 20.3 Å². The number of nitrogens with zero attached hydrogens (tertiary/aromatic N) is 6. The van der Waals surface area contributed by atoms with Crippen LogP contribution in [0.3, 0.4) is 0 Å². The Kier molecular flexibility index (Phi) is 5.55. The predicted octanol–water partition coefficient (Wildman–Crippen LogP) is 1.97. The van der Waals surface area contributed by atoms with Gasteiger partial charge in [-0.3, -0.25) is 9.69 Å². The molecule has 0 aliphatic carbocycles. The zero-order valence-corrected chi connectivity index (χ0v) is 18.9. The molecule has 5 rings (SSSR count). The highest BCUT2D eigenvalue weighted by Crippen LogP contribution is 2.37. The summed E-state index contributed by atoms with van der Waals surface area (Å²) in [5, 5.41) is 0. The second kappa shape index (κ2) is 8.67. The van der Waals surface area contributed by atoms with E-state index in [0.29, 0.717) is 24.1 Å². The third-order valence-corrected chi connectivity index (χ3v) is 6.20. The molecule has 1 saturated heterocycles. The fraction of sp³-hybridized carbons (Fsp3) is 0.333. The van der Waals surface area contributed by atoms with E-state index in [2.05, 4.69) is 21.8 Å². The monoisotopic (exact) mass is 445 g/mol. The zero-order chi connectivity index (χ0) is 22.9. The van der Waals surface area contributed by atoms with Crippen molar-refractivity contribution in [3.8, 4) is 17.0 Å². The summed E-state index contributed by atoms with van der Waals surface area (Å²) in [6.07, 6.45) is 1.97. The molecule has 33 heavy (non-hydrogen) atoms. The number of anilines is 3. The molecule has 0 atom stereocenters. The normalized spacial score (nSPS) is 16.2. The Balaban J connectivity index is 1.56. The Bertz CT molecular complexity index is 1160. The van der Waals surface area contributed by atoms with E-state index in [-0.39, 0.29) is 12.3 Å². The molecule has 4 heterocycles. The first-order valence-electron chi connectivity index (χ1n) is 11.0. The molecule has 2 aromatic heterocycles. The van der Waals surface area contributed by atoms with E-state index in [9.17, 15) is 4.79 Å². The van der Waals surface area contributed by atoms with Crippen LogP contribution in [0.5, 0.6) is 5.75 Å². The molecule has 0 bridgehead atoms. The first-order valence-corrected chi connectivity index (χ1v) is 11.0. The van der Waals surface area contributed by atoms with Gasteiger partial charge in [0, 0.05) is 43.5 Å². The average Bonchev–Trinajstić information content (AvgIpc) is 3.15. The average molecular weight is 446 g/mol. The SMILES string of the molecule is COc1ccc(CN2C(=O)Cc3c(-c4ccc(N)nc4)nc(N4CCN(C)CC4)nc32)cc1. The lowest BCUT2D eigenvalue weighted by Gasteiger charge is -2.33. The van der Waals surface area contributed by atoms with Gasteiger partial charge in [0.25, 0.3) is 0 Å². The second-order valence-corrected chi connectivity index (χ2v) is 8.44. The number of nitrogen functional groups attached to an aromatic ring is 1. The van der Waals surface area contributed by atoms with E-state index in [4.69, 9.17) is 20.4 Å². The number of carbonyl (C=O) groups excluding carboxylic acids is 1. The zero-order valence-electron chi connectivity index (χ0n) is 18.9. The molecule has 1 fully saturated rings. The highest BCUT2D eigenvalue weighted by molar-refractivity contribution is 6.02. The minimum Gasteiger partial charge on any atom is -0.497 e. The van der Waals surface area contributed by atoms with Crippen molar-refractivity contribution in [2.75, 3.05) is 55.9 Å².